The fourth-order valence-electron chi connectivity index (χ4n) is 3.62. The topological polar surface area (TPSA) is 61.8 Å². The highest BCUT2D eigenvalue weighted by Crippen LogP contribution is 2.34. The number of fused-ring (bicyclic) bond motifs is 1. The molecule has 14 heteroatoms. The Hall–Kier alpha value is -3.61. The van der Waals surface area contributed by atoms with Gasteiger partial charge >= 0.3 is 18.0 Å². The van der Waals surface area contributed by atoms with E-state index in [2.05, 4.69) is 4.98 Å². The van der Waals surface area contributed by atoms with E-state index < -0.39 is 58.7 Å². The van der Waals surface area contributed by atoms with E-state index in [-0.39, 0.29) is 25.7 Å². The smallest absolute Gasteiger partial charge is 0.316 e. The van der Waals surface area contributed by atoms with Crippen LogP contribution in [0.3, 0.4) is 0 Å². The summed E-state index contributed by atoms with van der Waals surface area (Å²) in [6, 6.07) is 7.30. The van der Waals surface area contributed by atoms with Crippen LogP contribution in [0, 0.1) is 5.82 Å². The third-order valence-corrected chi connectivity index (χ3v) is 5.39. The molecule has 0 N–H and O–H groups in total. The van der Waals surface area contributed by atoms with Crippen molar-refractivity contribution in [2.24, 2.45) is 7.05 Å². The van der Waals surface area contributed by atoms with Crippen molar-refractivity contribution < 1.29 is 30.7 Å². The van der Waals surface area contributed by atoms with Crippen LogP contribution >= 0.6 is 11.6 Å². The number of hydrogen-bond acceptors (Lipinski definition) is 3. The molecule has 0 saturated heterocycles. The van der Waals surface area contributed by atoms with E-state index in [4.69, 9.17) is 11.6 Å². The Morgan fingerprint density at radius 1 is 0.971 bits per heavy atom. The zero-order valence-corrected chi connectivity index (χ0v) is 18.1. The van der Waals surface area contributed by atoms with Gasteiger partial charge in [0.15, 0.2) is 0 Å². The van der Waals surface area contributed by atoms with Crippen LogP contribution in [0.5, 0.6) is 0 Å². The van der Waals surface area contributed by atoms with E-state index >= 15 is 0 Å². The van der Waals surface area contributed by atoms with E-state index in [1.54, 1.807) is 0 Å². The van der Waals surface area contributed by atoms with E-state index in [0.29, 0.717) is 16.2 Å². The van der Waals surface area contributed by atoms with Gasteiger partial charge in [-0.05, 0) is 23.8 Å². The average Bonchev–Trinajstić information content (AvgIpc) is 3.07. The van der Waals surface area contributed by atoms with Crippen molar-refractivity contribution in [1.29, 1.82) is 0 Å². The number of rotatable bonds is 3. The first kappa shape index (κ1) is 24.5. The molecule has 2 aromatic heterocycles. The van der Waals surface area contributed by atoms with Gasteiger partial charge in [0.1, 0.15) is 11.5 Å². The van der Waals surface area contributed by atoms with Gasteiger partial charge in [0.05, 0.1) is 16.7 Å². The molecule has 0 atom stereocenters. The largest absolute Gasteiger partial charge is 0.449 e. The predicted molar refractivity (Wildman–Crippen MR) is 111 cm³/mol. The maximum atomic E-state index is 14.9. The van der Waals surface area contributed by atoms with Gasteiger partial charge in [-0.1, -0.05) is 23.7 Å². The molecule has 0 aliphatic rings. The average molecular weight is 521 g/mol. The summed E-state index contributed by atoms with van der Waals surface area (Å²) in [5, 5.41) is 0.243. The van der Waals surface area contributed by atoms with Gasteiger partial charge in [0.2, 0.25) is 5.82 Å². The number of nitrogens with zero attached hydrogens (tertiary/aromatic N) is 4. The lowest BCUT2D eigenvalue weighted by Gasteiger charge is -2.15. The number of benzene rings is 2. The lowest BCUT2D eigenvalue weighted by molar-refractivity contribution is -0.146. The lowest BCUT2D eigenvalue weighted by atomic mass is 10.2. The molecule has 4 aromatic rings. The van der Waals surface area contributed by atoms with E-state index in [9.17, 15) is 40.3 Å². The van der Waals surface area contributed by atoms with Gasteiger partial charge in [0, 0.05) is 30.7 Å². The molecule has 0 aliphatic heterocycles. The van der Waals surface area contributed by atoms with Crippen LogP contribution < -0.4 is 11.2 Å². The Morgan fingerprint density at radius 3 is 2.26 bits per heavy atom. The van der Waals surface area contributed by atoms with Crippen molar-refractivity contribution in [1.82, 2.24) is 18.7 Å². The van der Waals surface area contributed by atoms with Crippen LogP contribution in [0.25, 0.3) is 16.7 Å². The van der Waals surface area contributed by atoms with Gasteiger partial charge in [0.25, 0.3) is 5.56 Å². The zero-order valence-electron chi connectivity index (χ0n) is 17.4. The first-order valence-corrected chi connectivity index (χ1v) is 9.98. The van der Waals surface area contributed by atoms with Crippen molar-refractivity contribution in [2.75, 3.05) is 0 Å². The predicted octanol–water partition coefficient (Wildman–Crippen LogP) is 4.76. The Labute approximate surface area is 195 Å². The molecule has 35 heavy (non-hydrogen) atoms. The van der Waals surface area contributed by atoms with Gasteiger partial charge in [-0.3, -0.25) is 9.36 Å². The van der Waals surface area contributed by atoms with Crippen molar-refractivity contribution in [3.8, 4) is 5.69 Å². The van der Waals surface area contributed by atoms with Crippen LogP contribution in [0.2, 0.25) is 5.02 Å². The zero-order chi connectivity index (χ0) is 25.9. The maximum absolute atomic E-state index is 14.9. The summed E-state index contributed by atoms with van der Waals surface area (Å²) in [6.45, 7) is -0.420. The van der Waals surface area contributed by atoms with Crippen molar-refractivity contribution in [3.05, 3.63) is 91.2 Å². The monoisotopic (exact) mass is 520 g/mol. The molecule has 0 radical (unpaired) electrons. The van der Waals surface area contributed by atoms with Crippen LogP contribution in [0.1, 0.15) is 17.1 Å². The van der Waals surface area contributed by atoms with Crippen molar-refractivity contribution in [2.45, 2.75) is 18.9 Å². The summed E-state index contributed by atoms with van der Waals surface area (Å²) >= 11 is 5.90. The van der Waals surface area contributed by atoms with Crippen LogP contribution in [0.15, 0.2) is 52.1 Å². The normalized spacial score (nSPS) is 12.5. The summed E-state index contributed by atoms with van der Waals surface area (Å²) in [4.78, 5) is 28.4. The highest BCUT2D eigenvalue weighted by molar-refractivity contribution is 6.30. The molecule has 0 fully saturated rings. The minimum absolute atomic E-state index is 0.0927. The Balaban J connectivity index is 2.01. The molecule has 0 amide bonds. The third-order valence-electron chi connectivity index (χ3n) is 5.15. The second-order valence-corrected chi connectivity index (χ2v) is 7.92. The number of hydrogen-bond donors (Lipinski definition) is 0. The van der Waals surface area contributed by atoms with E-state index in [0.717, 1.165) is 13.1 Å². The second-order valence-electron chi connectivity index (χ2n) is 7.48. The van der Waals surface area contributed by atoms with Gasteiger partial charge in [-0.15, -0.1) is 0 Å². The number of halogens is 8. The first-order valence-electron chi connectivity index (χ1n) is 9.60. The Kier molecular flexibility index (Phi) is 5.78. The molecular weight excluding hydrogens is 509 g/mol. The molecule has 0 bridgehead atoms. The van der Waals surface area contributed by atoms with Crippen molar-refractivity contribution >= 4 is 22.6 Å². The first-order chi connectivity index (χ1) is 16.2. The molecule has 2 heterocycles. The minimum atomic E-state index is -5.05. The fraction of sp³-hybridized carbons (Fsp3) is 0.190. The van der Waals surface area contributed by atoms with Crippen LogP contribution in [-0.2, 0) is 25.9 Å². The van der Waals surface area contributed by atoms with E-state index in [1.165, 1.54) is 24.3 Å². The summed E-state index contributed by atoms with van der Waals surface area (Å²) in [5.41, 5.74) is -5.90. The number of alkyl halides is 6. The summed E-state index contributed by atoms with van der Waals surface area (Å²) < 4.78 is 96.3. The highest BCUT2D eigenvalue weighted by Gasteiger charge is 2.38. The van der Waals surface area contributed by atoms with Gasteiger partial charge < -0.3 is 4.57 Å². The standard InChI is InChI=1S/C21H12ClF7N4O2/c1-31-16(20(24,25)26)8-17(34)33(19(31)35)14-7-15-13(6-12(14)23)30-18(21(27,28)29)32(15)9-10-3-2-4-11(22)5-10/h2-8H,9H2,1H3. The van der Waals surface area contributed by atoms with E-state index in [1.807, 2.05) is 0 Å². The quantitative estimate of drug-likeness (QED) is 0.366. The second kappa shape index (κ2) is 8.26. The fourth-order valence-corrected chi connectivity index (χ4v) is 3.83. The van der Waals surface area contributed by atoms with Crippen molar-refractivity contribution in [3.63, 3.8) is 0 Å². The molecule has 0 aliphatic carbocycles. The molecule has 0 saturated carbocycles. The molecule has 0 spiro atoms. The van der Waals surface area contributed by atoms with Crippen LogP contribution in [-0.4, -0.2) is 18.7 Å². The lowest BCUT2D eigenvalue weighted by Crippen LogP contribution is -2.41. The summed E-state index contributed by atoms with van der Waals surface area (Å²) in [6.07, 6.45) is -10.0. The summed E-state index contributed by atoms with van der Waals surface area (Å²) in [5.74, 6) is -2.73. The maximum Gasteiger partial charge on any atom is 0.449 e. The highest BCUT2D eigenvalue weighted by atomic mass is 35.5. The van der Waals surface area contributed by atoms with Gasteiger partial charge in [-0.25, -0.2) is 18.7 Å². The molecule has 2 aromatic carbocycles. The molecule has 6 nitrogen and oxygen atoms in total. The number of imidazole rings is 1. The SMILES string of the molecule is Cn1c(C(F)(F)F)cc(=O)n(-c2cc3c(cc2F)nc(C(F)(F)F)n3Cc2cccc(Cl)c2)c1=O. The molecule has 4 rings (SSSR count). The summed E-state index contributed by atoms with van der Waals surface area (Å²) in [7, 11) is 0.725. The third kappa shape index (κ3) is 4.43. The molecular formula is C21H12ClF7N4O2. The van der Waals surface area contributed by atoms with Crippen LogP contribution in [0.4, 0.5) is 30.7 Å². The Morgan fingerprint density at radius 2 is 1.66 bits per heavy atom. The molecule has 184 valence electrons. The minimum Gasteiger partial charge on any atom is -0.316 e. The number of aromatic nitrogens is 4. The van der Waals surface area contributed by atoms with Gasteiger partial charge in [-0.2, -0.15) is 26.3 Å². The Bertz CT molecular complexity index is 1580. The molecule has 0 unspecified atom stereocenters.